The van der Waals surface area contributed by atoms with E-state index in [0.29, 0.717) is 25.9 Å². The second-order valence-corrected chi connectivity index (χ2v) is 6.25. The number of carboxylic acids is 1. The summed E-state index contributed by atoms with van der Waals surface area (Å²) in [6, 6.07) is 0. The quantitative estimate of drug-likeness (QED) is 0.867. The Balaban J connectivity index is 2.52. The highest BCUT2D eigenvalue weighted by Gasteiger charge is 2.30. The lowest BCUT2D eigenvalue weighted by Gasteiger charge is -2.26. The number of likely N-dealkylation sites (tertiary alicyclic amines) is 1. The molecule has 0 aliphatic carbocycles. The van der Waals surface area contributed by atoms with Gasteiger partial charge in [-0.05, 0) is 46.0 Å². The number of carbonyl (C=O) groups excluding carboxylic acids is 1. The Morgan fingerprint density at radius 1 is 1.30 bits per heavy atom. The predicted molar refractivity (Wildman–Crippen MR) is 72.3 cm³/mol. The van der Waals surface area contributed by atoms with Crippen molar-refractivity contribution in [1.82, 2.24) is 4.90 Å². The Hall–Kier alpha value is -1.33. The third kappa shape index (κ3) is 5.75. The molecule has 0 radical (unpaired) electrons. The zero-order valence-corrected chi connectivity index (χ0v) is 12.4. The van der Waals surface area contributed by atoms with Crippen molar-refractivity contribution in [2.75, 3.05) is 13.1 Å². The van der Waals surface area contributed by atoms with Gasteiger partial charge in [0, 0.05) is 19.5 Å². The van der Waals surface area contributed by atoms with Crippen LogP contribution in [-0.4, -0.2) is 46.9 Å². The highest BCUT2D eigenvalue weighted by Crippen LogP contribution is 2.26. The van der Waals surface area contributed by atoms with Gasteiger partial charge in [-0.3, -0.25) is 4.79 Å². The van der Waals surface area contributed by atoms with Gasteiger partial charge in [0.15, 0.2) is 0 Å². The van der Waals surface area contributed by atoms with Crippen LogP contribution in [0.25, 0.3) is 0 Å². The Kier molecular flexibility index (Phi) is 5.77. The number of nitrogens with zero attached hydrogens (tertiary/aromatic N) is 1. The summed E-state index contributed by atoms with van der Waals surface area (Å²) in [5, 5.41) is 8.66. The van der Waals surface area contributed by atoms with Crippen molar-refractivity contribution in [1.29, 1.82) is 0 Å². The molecule has 0 saturated carbocycles. The van der Waals surface area contributed by atoms with Gasteiger partial charge in [0.1, 0.15) is 11.8 Å². The lowest BCUT2D eigenvalue weighted by Crippen LogP contribution is -2.37. The molecule has 1 rings (SSSR count). The van der Waals surface area contributed by atoms with Crippen LogP contribution in [0.15, 0.2) is 0 Å². The van der Waals surface area contributed by atoms with E-state index in [-0.39, 0.29) is 18.8 Å². The normalized spacial score (nSPS) is 24.1. The van der Waals surface area contributed by atoms with Gasteiger partial charge in [0.05, 0.1) is 0 Å². The van der Waals surface area contributed by atoms with Crippen LogP contribution in [0, 0.1) is 5.92 Å². The first-order valence-corrected chi connectivity index (χ1v) is 7.03. The van der Waals surface area contributed by atoms with E-state index < -0.39 is 23.8 Å². The number of carboxylic acid groups (broad SMARTS) is 1. The minimum Gasteiger partial charge on any atom is -0.481 e. The molecule has 0 aromatic heterocycles. The Morgan fingerprint density at radius 2 is 1.90 bits per heavy atom. The predicted octanol–water partition coefficient (Wildman–Crippen LogP) is 2.84. The molecule has 1 saturated heterocycles. The topological polar surface area (TPSA) is 66.8 Å². The van der Waals surface area contributed by atoms with E-state index in [1.54, 1.807) is 20.8 Å². The first-order valence-electron chi connectivity index (χ1n) is 7.03. The number of rotatable bonds is 3. The molecule has 0 unspecified atom stereocenters. The Morgan fingerprint density at radius 3 is 2.45 bits per heavy atom. The second kappa shape index (κ2) is 6.90. The van der Waals surface area contributed by atoms with Gasteiger partial charge in [0.2, 0.25) is 0 Å². The Bertz CT molecular complexity index is 354. The first kappa shape index (κ1) is 16.7. The van der Waals surface area contributed by atoms with E-state index >= 15 is 0 Å². The average molecular weight is 289 g/mol. The van der Waals surface area contributed by atoms with Crippen molar-refractivity contribution in [2.45, 2.75) is 58.2 Å². The molecule has 20 heavy (non-hydrogen) atoms. The van der Waals surface area contributed by atoms with Gasteiger partial charge in [0.25, 0.3) is 0 Å². The summed E-state index contributed by atoms with van der Waals surface area (Å²) in [5.41, 5.74) is -0.568. The molecule has 0 aromatic carbocycles. The number of hydrogen-bond acceptors (Lipinski definition) is 3. The standard InChI is InChI=1S/C14H24FNO4/c1-14(2,3)20-13(19)16-8-6-10(4-5-12(17)18)11(15)7-9-16/h10-11H,4-9H2,1-3H3,(H,17,18)/t10-,11+/m0/s1. The van der Waals surface area contributed by atoms with Gasteiger partial charge in [-0.2, -0.15) is 0 Å². The third-order valence-corrected chi connectivity index (χ3v) is 3.34. The zero-order valence-electron chi connectivity index (χ0n) is 12.4. The number of alkyl halides is 1. The number of hydrogen-bond donors (Lipinski definition) is 1. The number of carbonyl (C=O) groups is 2. The number of aliphatic carboxylic acids is 1. The molecule has 1 amide bonds. The van der Waals surface area contributed by atoms with Gasteiger partial charge in [-0.15, -0.1) is 0 Å². The number of ether oxygens (including phenoxy) is 1. The molecule has 1 aliphatic rings. The third-order valence-electron chi connectivity index (χ3n) is 3.34. The summed E-state index contributed by atoms with van der Waals surface area (Å²) in [4.78, 5) is 24.0. The van der Waals surface area contributed by atoms with Crippen molar-refractivity contribution in [3.05, 3.63) is 0 Å². The summed E-state index contributed by atoms with van der Waals surface area (Å²) < 4.78 is 19.2. The highest BCUT2D eigenvalue weighted by atomic mass is 19.1. The van der Waals surface area contributed by atoms with Crippen molar-refractivity contribution in [3.8, 4) is 0 Å². The minimum atomic E-state index is -1.05. The molecule has 0 aromatic rings. The summed E-state index contributed by atoms with van der Waals surface area (Å²) in [6.07, 6.45) is -0.474. The van der Waals surface area contributed by atoms with E-state index in [2.05, 4.69) is 0 Å². The van der Waals surface area contributed by atoms with Crippen LogP contribution < -0.4 is 0 Å². The van der Waals surface area contributed by atoms with E-state index in [0.717, 1.165) is 0 Å². The molecular formula is C14H24FNO4. The van der Waals surface area contributed by atoms with Gasteiger partial charge in [-0.1, -0.05) is 0 Å². The molecule has 0 spiro atoms. The maximum absolute atomic E-state index is 14.0. The van der Waals surface area contributed by atoms with Gasteiger partial charge in [-0.25, -0.2) is 9.18 Å². The Labute approximate surface area is 119 Å². The highest BCUT2D eigenvalue weighted by molar-refractivity contribution is 5.68. The van der Waals surface area contributed by atoms with Crippen molar-refractivity contribution >= 4 is 12.1 Å². The molecule has 1 fully saturated rings. The second-order valence-electron chi connectivity index (χ2n) is 6.25. The summed E-state index contributed by atoms with van der Waals surface area (Å²) in [7, 11) is 0. The summed E-state index contributed by atoms with van der Waals surface area (Å²) in [5.74, 6) is -1.20. The van der Waals surface area contributed by atoms with Crippen molar-refractivity contribution in [3.63, 3.8) is 0 Å². The van der Waals surface area contributed by atoms with E-state index in [1.807, 2.05) is 0 Å². The summed E-state index contributed by atoms with van der Waals surface area (Å²) in [6.45, 7) is 6.10. The van der Waals surface area contributed by atoms with Crippen LogP contribution in [0.2, 0.25) is 0 Å². The maximum atomic E-state index is 14.0. The lowest BCUT2D eigenvalue weighted by molar-refractivity contribution is -0.137. The molecule has 5 nitrogen and oxygen atoms in total. The van der Waals surface area contributed by atoms with Crippen LogP contribution in [0.5, 0.6) is 0 Å². The molecule has 1 heterocycles. The lowest BCUT2D eigenvalue weighted by atomic mass is 9.93. The zero-order chi connectivity index (χ0) is 15.3. The molecule has 1 aliphatic heterocycles. The van der Waals surface area contributed by atoms with Crippen LogP contribution in [0.1, 0.15) is 46.5 Å². The van der Waals surface area contributed by atoms with Crippen molar-refractivity contribution < 1.29 is 23.8 Å². The largest absolute Gasteiger partial charge is 0.481 e. The fourth-order valence-corrected chi connectivity index (χ4v) is 2.27. The van der Waals surface area contributed by atoms with E-state index in [9.17, 15) is 14.0 Å². The summed E-state index contributed by atoms with van der Waals surface area (Å²) >= 11 is 0. The molecule has 116 valence electrons. The van der Waals surface area contributed by atoms with Crippen molar-refractivity contribution in [2.24, 2.45) is 5.92 Å². The monoisotopic (exact) mass is 289 g/mol. The van der Waals surface area contributed by atoms with Gasteiger partial charge >= 0.3 is 12.1 Å². The van der Waals surface area contributed by atoms with E-state index in [1.165, 1.54) is 4.90 Å². The molecule has 2 atom stereocenters. The SMILES string of the molecule is CC(C)(C)OC(=O)N1CC[C@H](CCC(=O)O)[C@H](F)CC1. The smallest absolute Gasteiger partial charge is 0.410 e. The van der Waals surface area contributed by atoms with E-state index in [4.69, 9.17) is 9.84 Å². The fraction of sp³-hybridized carbons (Fsp3) is 0.857. The average Bonchev–Trinajstić information content (AvgIpc) is 2.46. The number of amides is 1. The first-order chi connectivity index (χ1) is 9.19. The van der Waals surface area contributed by atoms with Crippen LogP contribution >= 0.6 is 0 Å². The molecule has 6 heteroatoms. The van der Waals surface area contributed by atoms with Crippen LogP contribution in [0.4, 0.5) is 9.18 Å². The fourth-order valence-electron chi connectivity index (χ4n) is 2.27. The van der Waals surface area contributed by atoms with Gasteiger partial charge < -0.3 is 14.7 Å². The molecule has 1 N–H and O–H groups in total. The minimum absolute atomic E-state index is 0.0302. The van der Waals surface area contributed by atoms with Crippen LogP contribution in [-0.2, 0) is 9.53 Å². The molecular weight excluding hydrogens is 265 g/mol. The molecule has 0 bridgehead atoms. The number of halogens is 1. The van der Waals surface area contributed by atoms with Crippen LogP contribution in [0.3, 0.4) is 0 Å². The maximum Gasteiger partial charge on any atom is 0.410 e.